The molecule has 0 radical (unpaired) electrons. The first kappa shape index (κ1) is 11.2. The molecule has 0 fully saturated rings. The van der Waals surface area contributed by atoms with Gasteiger partial charge in [0.15, 0.2) is 0 Å². The van der Waals surface area contributed by atoms with Gasteiger partial charge >= 0.3 is 0 Å². The minimum Gasteiger partial charge on any atom is -0.772 e. The van der Waals surface area contributed by atoms with Gasteiger partial charge in [0.1, 0.15) is 0 Å². The van der Waals surface area contributed by atoms with Gasteiger partial charge in [-0.25, -0.2) is 0 Å². The van der Waals surface area contributed by atoms with Crippen molar-refractivity contribution in [2.75, 3.05) is 24.7 Å². The lowest BCUT2D eigenvalue weighted by Gasteiger charge is -2.07. The van der Waals surface area contributed by atoms with Crippen molar-refractivity contribution < 1.29 is 22.3 Å². The fourth-order valence-electron chi connectivity index (χ4n) is 0.356. The summed E-state index contributed by atoms with van der Waals surface area (Å²) in [5, 5.41) is 0. The first-order valence-electron chi connectivity index (χ1n) is 2.82. The van der Waals surface area contributed by atoms with Crippen molar-refractivity contribution >= 4 is 22.2 Å². The summed E-state index contributed by atoms with van der Waals surface area (Å²) in [6.45, 7) is 0.0978. The molecular formula is C4H8O5S2-2. The molecule has 0 aromatic heterocycles. The molecule has 0 saturated heterocycles. The van der Waals surface area contributed by atoms with E-state index in [1.807, 2.05) is 0 Å². The summed E-state index contributed by atoms with van der Waals surface area (Å²) in [6, 6.07) is 0. The maximum atomic E-state index is 9.89. The molecule has 0 N–H and O–H groups in total. The maximum Gasteiger partial charge on any atom is 0.0570 e. The lowest BCUT2D eigenvalue weighted by atomic mass is 10.8. The van der Waals surface area contributed by atoms with Crippen LogP contribution in [0.4, 0.5) is 0 Å². The van der Waals surface area contributed by atoms with E-state index >= 15 is 0 Å². The molecule has 0 aliphatic rings. The fourth-order valence-corrected chi connectivity index (χ4v) is 0.864. The first-order chi connectivity index (χ1) is 5.13. The lowest BCUT2D eigenvalue weighted by molar-refractivity contribution is 0.164. The Hall–Kier alpha value is 0.180. The van der Waals surface area contributed by atoms with Crippen LogP contribution >= 0.6 is 0 Å². The number of ether oxygens (including phenoxy) is 1. The van der Waals surface area contributed by atoms with E-state index in [0.717, 1.165) is 0 Å². The van der Waals surface area contributed by atoms with Gasteiger partial charge in [0.05, 0.1) is 13.2 Å². The van der Waals surface area contributed by atoms with E-state index in [2.05, 4.69) is 4.74 Å². The van der Waals surface area contributed by atoms with Crippen LogP contribution in [0.15, 0.2) is 0 Å². The van der Waals surface area contributed by atoms with Crippen molar-refractivity contribution in [3.05, 3.63) is 0 Å². The molecule has 68 valence electrons. The van der Waals surface area contributed by atoms with Crippen LogP contribution in [0, 0.1) is 0 Å². The molecule has 2 atom stereocenters. The van der Waals surface area contributed by atoms with Gasteiger partial charge in [-0.05, 0) is 0 Å². The van der Waals surface area contributed by atoms with Crippen molar-refractivity contribution in [3.63, 3.8) is 0 Å². The summed E-state index contributed by atoms with van der Waals surface area (Å²) in [4.78, 5) is 0. The van der Waals surface area contributed by atoms with Crippen LogP contribution in [-0.2, 0) is 26.9 Å². The largest absolute Gasteiger partial charge is 0.772 e. The van der Waals surface area contributed by atoms with Gasteiger partial charge in [0.2, 0.25) is 0 Å². The van der Waals surface area contributed by atoms with Gasteiger partial charge in [0, 0.05) is 11.5 Å². The summed E-state index contributed by atoms with van der Waals surface area (Å²) in [5.74, 6) is -0.184. The SMILES string of the molecule is O=S([O-])CCOCCS(=O)[O-]. The second-order valence-corrected chi connectivity index (χ2v) is 3.66. The van der Waals surface area contributed by atoms with E-state index in [9.17, 15) is 17.5 Å². The third-order valence-corrected chi connectivity index (χ3v) is 1.79. The standard InChI is InChI=1S/C4H10O5S2/c5-10(6)3-1-9-2-4-11(7)8/h1-4H2,(H,5,6)(H,7,8)/p-2. The van der Waals surface area contributed by atoms with Crippen molar-refractivity contribution in [1.29, 1.82) is 0 Å². The molecule has 7 heteroatoms. The molecule has 0 saturated carbocycles. The smallest absolute Gasteiger partial charge is 0.0570 e. The topological polar surface area (TPSA) is 89.5 Å². The molecule has 0 aromatic carbocycles. The third kappa shape index (κ3) is 10.2. The highest BCUT2D eigenvalue weighted by Gasteiger charge is 1.88. The van der Waals surface area contributed by atoms with E-state index in [1.54, 1.807) is 0 Å². The third-order valence-electron chi connectivity index (χ3n) is 0.789. The van der Waals surface area contributed by atoms with Gasteiger partial charge in [0.25, 0.3) is 0 Å². The van der Waals surface area contributed by atoms with Gasteiger partial charge in [-0.1, -0.05) is 22.2 Å². The zero-order chi connectivity index (χ0) is 8.69. The van der Waals surface area contributed by atoms with Crippen molar-refractivity contribution in [2.45, 2.75) is 0 Å². The summed E-state index contributed by atoms with van der Waals surface area (Å²) in [5.41, 5.74) is 0. The van der Waals surface area contributed by atoms with Crippen LogP contribution in [0.1, 0.15) is 0 Å². The van der Waals surface area contributed by atoms with E-state index < -0.39 is 22.2 Å². The number of hydrogen-bond donors (Lipinski definition) is 0. The van der Waals surface area contributed by atoms with Crippen molar-refractivity contribution in [3.8, 4) is 0 Å². The Morgan fingerprint density at radius 3 is 1.64 bits per heavy atom. The van der Waals surface area contributed by atoms with Crippen LogP contribution in [0.5, 0.6) is 0 Å². The van der Waals surface area contributed by atoms with Crippen LogP contribution in [0.25, 0.3) is 0 Å². The average molecular weight is 200 g/mol. The van der Waals surface area contributed by atoms with Crippen molar-refractivity contribution in [1.82, 2.24) is 0 Å². The van der Waals surface area contributed by atoms with Crippen LogP contribution < -0.4 is 0 Å². The summed E-state index contributed by atoms with van der Waals surface area (Å²) < 4.78 is 44.2. The van der Waals surface area contributed by atoms with Crippen LogP contribution in [0.3, 0.4) is 0 Å². The summed E-state index contributed by atoms with van der Waals surface area (Å²) in [7, 11) is 0. The molecule has 0 aromatic rings. The summed E-state index contributed by atoms with van der Waals surface area (Å²) >= 11 is -4.22. The maximum absolute atomic E-state index is 9.89. The first-order valence-corrected chi connectivity index (χ1v) is 5.31. The van der Waals surface area contributed by atoms with Gasteiger partial charge in [-0.15, -0.1) is 0 Å². The number of rotatable bonds is 6. The fraction of sp³-hybridized carbons (Fsp3) is 1.00. The molecule has 0 heterocycles. The molecule has 0 spiro atoms. The Kier molecular flexibility index (Phi) is 6.98. The molecule has 2 unspecified atom stereocenters. The van der Waals surface area contributed by atoms with Crippen LogP contribution in [-0.4, -0.2) is 42.2 Å². The normalized spacial score (nSPS) is 16.2. The molecule has 0 rings (SSSR count). The quantitative estimate of drug-likeness (QED) is 0.395. The lowest BCUT2D eigenvalue weighted by Crippen LogP contribution is -2.10. The molecule has 0 aliphatic carbocycles. The molecule has 0 amide bonds. The minimum atomic E-state index is -2.11. The zero-order valence-electron chi connectivity index (χ0n) is 5.69. The zero-order valence-corrected chi connectivity index (χ0v) is 7.32. The van der Waals surface area contributed by atoms with E-state index in [0.29, 0.717) is 0 Å². The van der Waals surface area contributed by atoms with E-state index in [-0.39, 0.29) is 24.7 Å². The van der Waals surface area contributed by atoms with Gasteiger partial charge in [-0.3, -0.25) is 8.42 Å². The Morgan fingerprint density at radius 1 is 1.00 bits per heavy atom. The second kappa shape index (κ2) is 6.86. The van der Waals surface area contributed by atoms with Gasteiger partial charge < -0.3 is 13.8 Å². The summed E-state index contributed by atoms with van der Waals surface area (Å²) in [6.07, 6.45) is 0. The van der Waals surface area contributed by atoms with Gasteiger partial charge in [-0.2, -0.15) is 0 Å². The Morgan fingerprint density at radius 2 is 1.36 bits per heavy atom. The number of hydrogen-bond acceptors (Lipinski definition) is 5. The van der Waals surface area contributed by atoms with Crippen molar-refractivity contribution in [2.24, 2.45) is 0 Å². The highest BCUT2D eigenvalue weighted by Crippen LogP contribution is 1.80. The molecule has 0 bridgehead atoms. The predicted molar refractivity (Wildman–Crippen MR) is 38.4 cm³/mol. The molecule has 11 heavy (non-hydrogen) atoms. The Labute approximate surface area is 69.7 Å². The van der Waals surface area contributed by atoms with Crippen LogP contribution in [0.2, 0.25) is 0 Å². The average Bonchev–Trinajstić information content (AvgIpc) is 1.85. The highest BCUT2D eigenvalue weighted by atomic mass is 32.2. The van der Waals surface area contributed by atoms with E-state index in [4.69, 9.17) is 0 Å². The minimum absolute atomic E-state index is 0.0489. The second-order valence-electron chi connectivity index (χ2n) is 1.63. The predicted octanol–water partition coefficient (Wildman–Crippen LogP) is -1.24. The molecule has 5 nitrogen and oxygen atoms in total. The molecular weight excluding hydrogens is 192 g/mol. The Bertz CT molecular complexity index is 131. The Balaban J connectivity index is 3.03. The monoisotopic (exact) mass is 200 g/mol. The molecule has 0 aliphatic heterocycles. The van der Waals surface area contributed by atoms with E-state index in [1.165, 1.54) is 0 Å². The highest BCUT2D eigenvalue weighted by molar-refractivity contribution is 7.79.